The van der Waals surface area contributed by atoms with Gasteiger partial charge in [0, 0.05) is 18.7 Å². The van der Waals surface area contributed by atoms with Gasteiger partial charge >= 0.3 is 0 Å². The van der Waals surface area contributed by atoms with E-state index in [-0.39, 0.29) is 5.82 Å². The maximum atomic E-state index is 14.6. The molecule has 1 saturated heterocycles. The smallest absolute Gasteiger partial charge is 0.158 e. The Bertz CT molecular complexity index is 859. The Hall–Kier alpha value is -2.60. The second kappa shape index (κ2) is 7.74. The molecular weight excluding hydrogens is 331 g/mol. The van der Waals surface area contributed by atoms with E-state index in [1.165, 1.54) is 6.07 Å². The molecular formula is C20H23FN4O. The van der Waals surface area contributed by atoms with Crippen molar-refractivity contribution >= 4 is 16.7 Å². The van der Waals surface area contributed by atoms with E-state index in [1.54, 1.807) is 0 Å². The van der Waals surface area contributed by atoms with Crippen molar-refractivity contribution in [3.05, 3.63) is 53.8 Å². The summed E-state index contributed by atoms with van der Waals surface area (Å²) in [6.07, 6.45) is 2.20. The summed E-state index contributed by atoms with van der Waals surface area (Å²) in [4.78, 5) is 0. The number of piperidine rings is 1. The maximum absolute atomic E-state index is 14.6. The van der Waals surface area contributed by atoms with Gasteiger partial charge in [-0.3, -0.25) is 5.10 Å². The number of nitrogens with one attached hydrogen (secondary N) is 3. The minimum atomic E-state index is -0.327. The van der Waals surface area contributed by atoms with Crippen LogP contribution in [0.3, 0.4) is 0 Å². The van der Waals surface area contributed by atoms with Crippen LogP contribution in [0.1, 0.15) is 18.4 Å². The first-order valence-electron chi connectivity index (χ1n) is 9.08. The quantitative estimate of drug-likeness (QED) is 0.632. The fourth-order valence-electron chi connectivity index (χ4n) is 3.34. The summed E-state index contributed by atoms with van der Waals surface area (Å²) in [6.45, 7) is 3.27. The standard InChI is InChI=1S/C20H23FN4O/c21-17-10-16(26-13-15-6-8-22-9-7-15)11-18-19(17)20(25-24-18)23-12-14-4-2-1-3-5-14/h1-5,10-11,15,22H,6-9,12-13H2,(H2,23,24,25). The maximum Gasteiger partial charge on any atom is 0.158 e. The van der Waals surface area contributed by atoms with Crippen LogP contribution in [0.4, 0.5) is 10.2 Å². The molecule has 0 spiro atoms. The topological polar surface area (TPSA) is 62.0 Å². The van der Waals surface area contributed by atoms with Gasteiger partial charge in [-0.25, -0.2) is 4.39 Å². The van der Waals surface area contributed by atoms with Crippen molar-refractivity contribution in [1.29, 1.82) is 0 Å². The molecule has 3 aromatic rings. The zero-order valence-corrected chi connectivity index (χ0v) is 14.6. The Kier molecular flexibility index (Phi) is 5.02. The average Bonchev–Trinajstić information content (AvgIpc) is 3.10. The van der Waals surface area contributed by atoms with Crippen LogP contribution >= 0.6 is 0 Å². The minimum absolute atomic E-state index is 0.327. The van der Waals surface area contributed by atoms with E-state index < -0.39 is 0 Å². The first-order valence-corrected chi connectivity index (χ1v) is 9.08. The predicted molar refractivity (Wildman–Crippen MR) is 101 cm³/mol. The summed E-state index contributed by atoms with van der Waals surface area (Å²) in [7, 11) is 0. The van der Waals surface area contributed by atoms with Crippen molar-refractivity contribution < 1.29 is 9.13 Å². The van der Waals surface area contributed by atoms with Crippen molar-refractivity contribution in [2.45, 2.75) is 19.4 Å². The molecule has 26 heavy (non-hydrogen) atoms. The number of hydrogen-bond donors (Lipinski definition) is 3. The Morgan fingerprint density at radius 2 is 1.96 bits per heavy atom. The summed E-state index contributed by atoms with van der Waals surface area (Å²) in [5.74, 6) is 1.27. The highest BCUT2D eigenvalue weighted by Gasteiger charge is 2.16. The fraction of sp³-hybridized carbons (Fsp3) is 0.350. The van der Waals surface area contributed by atoms with E-state index in [4.69, 9.17) is 4.74 Å². The summed E-state index contributed by atoms with van der Waals surface area (Å²) in [5.41, 5.74) is 1.76. The van der Waals surface area contributed by atoms with Crippen LogP contribution in [-0.2, 0) is 6.54 Å². The molecule has 1 aliphatic rings. The van der Waals surface area contributed by atoms with Crippen LogP contribution in [0.25, 0.3) is 10.9 Å². The van der Waals surface area contributed by atoms with Gasteiger partial charge in [0.25, 0.3) is 0 Å². The molecule has 0 unspecified atom stereocenters. The Morgan fingerprint density at radius 3 is 2.77 bits per heavy atom. The minimum Gasteiger partial charge on any atom is -0.493 e. The van der Waals surface area contributed by atoms with Crippen LogP contribution in [-0.4, -0.2) is 29.9 Å². The molecule has 5 nitrogen and oxygen atoms in total. The lowest BCUT2D eigenvalue weighted by molar-refractivity contribution is 0.215. The van der Waals surface area contributed by atoms with Crippen molar-refractivity contribution in [3.8, 4) is 5.75 Å². The number of halogens is 1. The number of ether oxygens (including phenoxy) is 1. The molecule has 1 fully saturated rings. The highest BCUT2D eigenvalue weighted by atomic mass is 19.1. The van der Waals surface area contributed by atoms with Crippen LogP contribution in [0.15, 0.2) is 42.5 Å². The lowest BCUT2D eigenvalue weighted by Crippen LogP contribution is -2.30. The molecule has 4 rings (SSSR count). The van der Waals surface area contributed by atoms with Crippen LogP contribution in [0.5, 0.6) is 5.75 Å². The number of nitrogens with zero attached hydrogens (tertiary/aromatic N) is 1. The second-order valence-corrected chi connectivity index (χ2v) is 6.74. The second-order valence-electron chi connectivity index (χ2n) is 6.74. The molecule has 0 saturated carbocycles. The molecule has 0 radical (unpaired) electrons. The van der Waals surface area contributed by atoms with Crippen molar-refractivity contribution in [3.63, 3.8) is 0 Å². The molecule has 2 heterocycles. The summed E-state index contributed by atoms with van der Waals surface area (Å²) in [5, 5.41) is 14.1. The third-order valence-corrected chi connectivity index (χ3v) is 4.84. The van der Waals surface area contributed by atoms with E-state index in [1.807, 2.05) is 36.4 Å². The van der Waals surface area contributed by atoms with Gasteiger partial charge in [-0.15, -0.1) is 0 Å². The molecule has 3 N–H and O–H groups in total. The van der Waals surface area contributed by atoms with E-state index in [0.29, 0.717) is 41.5 Å². The van der Waals surface area contributed by atoms with E-state index in [9.17, 15) is 4.39 Å². The van der Waals surface area contributed by atoms with Crippen LogP contribution < -0.4 is 15.4 Å². The first-order chi connectivity index (χ1) is 12.8. The van der Waals surface area contributed by atoms with Gasteiger partial charge < -0.3 is 15.4 Å². The van der Waals surface area contributed by atoms with Gasteiger partial charge in [-0.05, 0) is 37.4 Å². The van der Waals surface area contributed by atoms with E-state index >= 15 is 0 Å². The van der Waals surface area contributed by atoms with Gasteiger partial charge in [0.15, 0.2) is 5.82 Å². The summed E-state index contributed by atoms with van der Waals surface area (Å²) in [6, 6.07) is 13.2. The number of benzene rings is 2. The number of aromatic nitrogens is 2. The number of aromatic amines is 1. The number of fused-ring (bicyclic) bond motifs is 1. The molecule has 0 atom stereocenters. The molecule has 1 aromatic heterocycles. The molecule has 136 valence electrons. The summed E-state index contributed by atoms with van der Waals surface area (Å²) < 4.78 is 20.5. The predicted octanol–water partition coefficient (Wildman–Crippen LogP) is 3.69. The molecule has 6 heteroatoms. The Morgan fingerprint density at radius 1 is 1.15 bits per heavy atom. The summed E-state index contributed by atoms with van der Waals surface area (Å²) >= 11 is 0. The highest BCUT2D eigenvalue weighted by molar-refractivity contribution is 5.91. The van der Waals surface area contributed by atoms with Crippen LogP contribution in [0.2, 0.25) is 0 Å². The van der Waals surface area contributed by atoms with Gasteiger partial charge in [-0.2, -0.15) is 5.10 Å². The zero-order valence-electron chi connectivity index (χ0n) is 14.6. The van der Waals surface area contributed by atoms with E-state index in [0.717, 1.165) is 31.5 Å². The van der Waals surface area contributed by atoms with Gasteiger partial charge in [0.1, 0.15) is 11.6 Å². The molecule has 0 bridgehead atoms. The first kappa shape index (κ1) is 16.8. The number of H-pyrrole nitrogens is 1. The lowest BCUT2D eigenvalue weighted by atomic mass is 9.99. The van der Waals surface area contributed by atoms with E-state index in [2.05, 4.69) is 20.8 Å². The third kappa shape index (κ3) is 3.80. The van der Waals surface area contributed by atoms with Gasteiger partial charge in [0.05, 0.1) is 17.5 Å². The SMILES string of the molecule is Fc1cc(OCC2CCNCC2)cc2[nH]nc(NCc3ccccc3)c12. The highest BCUT2D eigenvalue weighted by Crippen LogP contribution is 2.29. The van der Waals surface area contributed by atoms with Gasteiger partial charge in [0.2, 0.25) is 0 Å². The Labute approximate surface area is 151 Å². The molecule has 1 aliphatic heterocycles. The largest absolute Gasteiger partial charge is 0.493 e. The zero-order chi connectivity index (χ0) is 17.8. The van der Waals surface area contributed by atoms with Gasteiger partial charge in [-0.1, -0.05) is 30.3 Å². The lowest BCUT2D eigenvalue weighted by Gasteiger charge is -2.22. The third-order valence-electron chi connectivity index (χ3n) is 4.84. The van der Waals surface area contributed by atoms with Crippen molar-refractivity contribution in [1.82, 2.24) is 15.5 Å². The number of hydrogen-bond acceptors (Lipinski definition) is 4. The van der Waals surface area contributed by atoms with Crippen molar-refractivity contribution in [2.24, 2.45) is 5.92 Å². The average molecular weight is 354 g/mol. The normalized spacial score (nSPS) is 15.3. The monoisotopic (exact) mass is 354 g/mol. The van der Waals surface area contributed by atoms with Crippen molar-refractivity contribution in [2.75, 3.05) is 25.0 Å². The molecule has 2 aromatic carbocycles. The molecule has 0 amide bonds. The number of anilines is 1. The Balaban J connectivity index is 1.46. The van der Waals surface area contributed by atoms with Crippen LogP contribution in [0, 0.1) is 11.7 Å². The molecule has 0 aliphatic carbocycles. The fourth-order valence-corrected chi connectivity index (χ4v) is 3.34. The number of rotatable bonds is 6.